The van der Waals surface area contributed by atoms with Gasteiger partial charge in [-0.1, -0.05) is 30.3 Å². The first-order valence-electron chi connectivity index (χ1n) is 13.4. The van der Waals surface area contributed by atoms with Crippen molar-refractivity contribution in [1.82, 2.24) is 9.61 Å². The second kappa shape index (κ2) is 12.1. The van der Waals surface area contributed by atoms with Crippen molar-refractivity contribution in [2.24, 2.45) is 0 Å². The lowest BCUT2D eigenvalue weighted by molar-refractivity contribution is -0.274. The third kappa shape index (κ3) is 5.89. The lowest BCUT2D eigenvalue weighted by Crippen LogP contribution is -2.37. The molecule has 0 amide bonds. The van der Waals surface area contributed by atoms with Gasteiger partial charge in [-0.05, 0) is 49.7 Å². The van der Waals surface area contributed by atoms with Gasteiger partial charge in [0.2, 0.25) is 0 Å². The minimum absolute atomic E-state index is 0.0170. The standard InChI is InChI=1S/C30H28F3N3O6/c1-3-40-28(37)24-25(29(38)41-4-2)27-22(19-8-6-5-7-9-19)18-23(35-14-16-39-17-15-35)34-36(27)26(24)20-10-12-21(13-11-20)42-30(31,32)33/h5-13,18H,3-4,14-17H2,1-2H3. The van der Waals surface area contributed by atoms with Crippen LogP contribution in [0.2, 0.25) is 0 Å². The van der Waals surface area contributed by atoms with Gasteiger partial charge in [0.05, 0.1) is 37.6 Å². The molecule has 9 nitrogen and oxygen atoms in total. The molecule has 3 heterocycles. The molecule has 0 radical (unpaired) electrons. The number of nitrogens with zero attached hydrogens (tertiary/aromatic N) is 3. The molecule has 1 saturated heterocycles. The summed E-state index contributed by atoms with van der Waals surface area (Å²) in [6.07, 6.45) is -4.88. The summed E-state index contributed by atoms with van der Waals surface area (Å²) in [5, 5.41) is 4.87. The Morgan fingerprint density at radius 2 is 1.50 bits per heavy atom. The normalized spacial score (nSPS) is 13.7. The maximum Gasteiger partial charge on any atom is 0.573 e. The first-order chi connectivity index (χ1) is 20.2. The van der Waals surface area contributed by atoms with Crippen molar-refractivity contribution in [1.29, 1.82) is 0 Å². The number of carbonyl (C=O) groups excluding carboxylic acids is 2. The van der Waals surface area contributed by atoms with E-state index in [0.29, 0.717) is 48.8 Å². The second-order valence-electron chi connectivity index (χ2n) is 9.25. The number of carbonyl (C=O) groups is 2. The van der Waals surface area contributed by atoms with E-state index in [1.807, 2.05) is 41.3 Å². The van der Waals surface area contributed by atoms with Gasteiger partial charge in [-0.25, -0.2) is 14.1 Å². The molecule has 0 spiro atoms. The fraction of sp³-hybridized carbons (Fsp3) is 0.300. The fourth-order valence-corrected chi connectivity index (χ4v) is 4.91. The number of fused-ring (bicyclic) bond motifs is 1. The molecule has 220 valence electrons. The van der Waals surface area contributed by atoms with E-state index in [1.165, 1.54) is 16.6 Å². The number of halogens is 3. The molecule has 0 N–H and O–H groups in total. The molecule has 2 aromatic heterocycles. The van der Waals surface area contributed by atoms with Crippen molar-refractivity contribution in [3.05, 3.63) is 71.8 Å². The van der Waals surface area contributed by atoms with Crippen LogP contribution in [0.1, 0.15) is 34.6 Å². The summed E-state index contributed by atoms with van der Waals surface area (Å²) in [6.45, 7) is 5.42. The highest BCUT2D eigenvalue weighted by Crippen LogP contribution is 2.40. The van der Waals surface area contributed by atoms with Gasteiger partial charge in [0, 0.05) is 24.2 Å². The molecule has 5 rings (SSSR count). The molecular formula is C30H28F3N3O6. The summed E-state index contributed by atoms with van der Waals surface area (Å²) in [7, 11) is 0. The Morgan fingerprint density at radius 3 is 2.10 bits per heavy atom. The van der Waals surface area contributed by atoms with Crippen LogP contribution < -0.4 is 9.64 Å². The van der Waals surface area contributed by atoms with Gasteiger partial charge in [-0.2, -0.15) is 0 Å². The van der Waals surface area contributed by atoms with Gasteiger partial charge >= 0.3 is 18.3 Å². The molecule has 0 aliphatic carbocycles. The van der Waals surface area contributed by atoms with Crippen molar-refractivity contribution in [2.45, 2.75) is 20.2 Å². The lowest BCUT2D eigenvalue weighted by Gasteiger charge is -2.28. The highest BCUT2D eigenvalue weighted by atomic mass is 19.4. The van der Waals surface area contributed by atoms with Gasteiger partial charge in [-0.3, -0.25) is 0 Å². The van der Waals surface area contributed by atoms with Crippen molar-refractivity contribution in [2.75, 3.05) is 44.4 Å². The number of hydrogen-bond donors (Lipinski definition) is 0. The number of ether oxygens (including phenoxy) is 4. The monoisotopic (exact) mass is 583 g/mol. The zero-order valence-electron chi connectivity index (χ0n) is 22.9. The summed E-state index contributed by atoms with van der Waals surface area (Å²) in [6, 6.07) is 16.1. The molecule has 1 aliphatic heterocycles. The number of anilines is 1. The van der Waals surface area contributed by atoms with Crippen molar-refractivity contribution >= 4 is 23.3 Å². The predicted octanol–water partition coefficient (Wildman–Crippen LogP) is 5.76. The molecule has 12 heteroatoms. The largest absolute Gasteiger partial charge is 0.573 e. The highest BCUT2D eigenvalue weighted by Gasteiger charge is 2.35. The fourth-order valence-electron chi connectivity index (χ4n) is 4.91. The summed E-state index contributed by atoms with van der Waals surface area (Å²) >= 11 is 0. The van der Waals surface area contributed by atoms with Gasteiger partial charge in [0.15, 0.2) is 0 Å². The topological polar surface area (TPSA) is 91.6 Å². The molecule has 0 saturated carbocycles. The molecule has 0 atom stereocenters. The Bertz CT molecular complexity index is 1580. The van der Waals surface area contributed by atoms with Gasteiger partial charge < -0.3 is 23.8 Å². The second-order valence-corrected chi connectivity index (χ2v) is 9.25. The van der Waals surface area contributed by atoms with Crippen LogP contribution in [-0.2, 0) is 14.2 Å². The van der Waals surface area contributed by atoms with Crippen LogP contribution in [0.3, 0.4) is 0 Å². The Morgan fingerprint density at radius 1 is 0.881 bits per heavy atom. The number of aromatic nitrogens is 2. The third-order valence-corrected chi connectivity index (χ3v) is 6.62. The molecule has 1 aliphatic rings. The van der Waals surface area contributed by atoms with Crippen molar-refractivity contribution in [3.63, 3.8) is 0 Å². The Balaban J connectivity index is 1.87. The van der Waals surface area contributed by atoms with Gasteiger partial charge in [0.1, 0.15) is 22.7 Å². The summed E-state index contributed by atoms with van der Waals surface area (Å²) in [5.41, 5.74) is 1.96. The number of esters is 2. The Kier molecular flexibility index (Phi) is 8.34. The van der Waals surface area contributed by atoms with Gasteiger partial charge in [-0.15, -0.1) is 18.3 Å². The van der Waals surface area contributed by atoms with Crippen LogP contribution in [0, 0.1) is 0 Å². The minimum Gasteiger partial charge on any atom is -0.462 e. The predicted molar refractivity (Wildman–Crippen MR) is 148 cm³/mol. The number of rotatable bonds is 8. The van der Waals surface area contributed by atoms with E-state index < -0.39 is 24.1 Å². The van der Waals surface area contributed by atoms with Crippen LogP contribution in [0.4, 0.5) is 19.0 Å². The lowest BCUT2D eigenvalue weighted by atomic mass is 10.0. The van der Waals surface area contributed by atoms with Crippen molar-refractivity contribution < 1.29 is 41.7 Å². The molecule has 0 bridgehead atoms. The summed E-state index contributed by atoms with van der Waals surface area (Å²) < 4.78 is 60.4. The average molecular weight is 584 g/mol. The Labute approximate surface area is 239 Å². The first kappa shape index (κ1) is 28.9. The average Bonchev–Trinajstić information content (AvgIpc) is 3.33. The van der Waals surface area contributed by atoms with Crippen LogP contribution in [-0.4, -0.2) is 67.4 Å². The molecule has 2 aromatic carbocycles. The van der Waals surface area contributed by atoms with Gasteiger partial charge in [0.25, 0.3) is 0 Å². The summed E-state index contributed by atoms with van der Waals surface area (Å²) in [4.78, 5) is 29.1. The van der Waals surface area contributed by atoms with E-state index in [-0.39, 0.29) is 30.0 Å². The molecule has 42 heavy (non-hydrogen) atoms. The zero-order valence-corrected chi connectivity index (χ0v) is 22.9. The van der Waals surface area contributed by atoms with E-state index in [1.54, 1.807) is 13.8 Å². The quantitative estimate of drug-likeness (QED) is 0.242. The molecule has 0 unspecified atom stereocenters. The number of alkyl halides is 3. The molecule has 1 fully saturated rings. The van der Waals surface area contributed by atoms with E-state index in [9.17, 15) is 22.8 Å². The number of hydrogen-bond acceptors (Lipinski definition) is 8. The zero-order chi connectivity index (χ0) is 29.9. The SMILES string of the molecule is CCOC(=O)c1c(C(=O)OCC)c2c(-c3ccccc3)cc(N3CCOCC3)nn2c1-c1ccc(OC(F)(F)F)cc1. The summed E-state index contributed by atoms with van der Waals surface area (Å²) in [5.74, 6) is -1.45. The third-order valence-electron chi connectivity index (χ3n) is 6.62. The van der Waals surface area contributed by atoms with Crippen LogP contribution in [0.25, 0.3) is 27.9 Å². The van der Waals surface area contributed by atoms with Crippen LogP contribution in [0.5, 0.6) is 5.75 Å². The number of morpholine rings is 1. The van der Waals surface area contributed by atoms with E-state index in [0.717, 1.165) is 17.7 Å². The Hall–Kier alpha value is -4.58. The smallest absolute Gasteiger partial charge is 0.462 e. The van der Waals surface area contributed by atoms with E-state index in [2.05, 4.69) is 4.74 Å². The van der Waals surface area contributed by atoms with E-state index >= 15 is 0 Å². The molecular weight excluding hydrogens is 555 g/mol. The van der Waals surface area contributed by atoms with Crippen LogP contribution >= 0.6 is 0 Å². The first-order valence-corrected chi connectivity index (χ1v) is 13.4. The van der Waals surface area contributed by atoms with Crippen LogP contribution in [0.15, 0.2) is 60.7 Å². The minimum atomic E-state index is -4.88. The molecule has 4 aromatic rings. The maximum absolute atomic E-state index is 13.6. The van der Waals surface area contributed by atoms with Crippen molar-refractivity contribution in [3.8, 4) is 28.1 Å². The maximum atomic E-state index is 13.6. The van der Waals surface area contributed by atoms with E-state index in [4.69, 9.17) is 19.3 Å². The number of benzene rings is 2. The highest BCUT2D eigenvalue weighted by molar-refractivity contribution is 6.15.